The predicted octanol–water partition coefficient (Wildman–Crippen LogP) is 1.23. The summed E-state index contributed by atoms with van der Waals surface area (Å²) in [6, 6.07) is 0. The minimum absolute atomic E-state index is 0.527. The molecule has 0 aromatic carbocycles. The number of hydrogen-bond donors (Lipinski definition) is 1. The van der Waals surface area contributed by atoms with Gasteiger partial charge in [-0.2, -0.15) is 0 Å². The van der Waals surface area contributed by atoms with E-state index in [9.17, 15) is 4.79 Å². The van der Waals surface area contributed by atoms with E-state index in [4.69, 9.17) is 9.22 Å². The maximum absolute atomic E-state index is 10.9. The van der Waals surface area contributed by atoms with Gasteiger partial charge in [0.1, 0.15) is 10.5 Å². The Balaban J connectivity index is 4.55. The van der Waals surface area contributed by atoms with Gasteiger partial charge in [0, 0.05) is 5.57 Å². The molecule has 0 unspecified atom stereocenters. The first kappa shape index (κ1) is 13.6. The SMILES string of the molecule is CCCCC(=C[Si](C)(C)O[SiH3])C(=O)O. The van der Waals surface area contributed by atoms with Crippen molar-refractivity contribution < 1.29 is 14.0 Å². The van der Waals surface area contributed by atoms with Gasteiger partial charge in [-0.05, 0) is 25.9 Å². The third kappa shape index (κ3) is 5.36. The molecule has 0 amide bonds. The summed E-state index contributed by atoms with van der Waals surface area (Å²) in [4.78, 5) is 10.9. The molecular formula is C9H20O3Si2. The van der Waals surface area contributed by atoms with Crippen LogP contribution < -0.4 is 0 Å². The zero-order valence-electron chi connectivity index (χ0n) is 9.46. The Labute approximate surface area is 89.8 Å². The zero-order chi connectivity index (χ0) is 11.2. The second-order valence-corrected chi connectivity index (χ2v) is 9.01. The summed E-state index contributed by atoms with van der Waals surface area (Å²) in [6.07, 6.45) is 2.62. The number of aliphatic carboxylic acids is 1. The van der Waals surface area contributed by atoms with Crippen molar-refractivity contribution in [3.05, 3.63) is 11.3 Å². The Morgan fingerprint density at radius 2 is 2.14 bits per heavy atom. The molecule has 0 aliphatic carbocycles. The Hall–Kier alpha value is -0.396. The highest BCUT2D eigenvalue weighted by atomic mass is 28.4. The van der Waals surface area contributed by atoms with Gasteiger partial charge in [0.25, 0.3) is 0 Å². The van der Waals surface area contributed by atoms with Crippen molar-refractivity contribution >= 4 is 24.8 Å². The van der Waals surface area contributed by atoms with Gasteiger partial charge in [0.05, 0.1) is 0 Å². The Morgan fingerprint density at radius 3 is 2.50 bits per heavy atom. The molecule has 0 radical (unpaired) electrons. The van der Waals surface area contributed by atoms with E-state index in [0.717, 1.165) is 12.8 Å². The van der Waals surface area contributed by atoms with Crippen molar-refractivity contribution in [2.24, 2.45) is 0 Å². The lowest BCUT2D eigenvalue weighted by molar-refractivity contribution is -0.132. The Kier molecular flexibility index (Phi) is 5.98. The third-order valence-electron chi connectivity index (χ3n) is 2.12. The molecule has 0 aromatic rings. The van der Waals surface area contributed by atoms with E-state index in [1.54, 1.807) is 0 Å². The van der Waals surface area contributed by atoms with E-state index >= 15 is 0 Å². The smallest absolute Gasteiger partial charge is 0.330 e. The van der Waals surface area contributed by atoms with Crippen LogP contribution >= 0.6 is 0 Å². The number of unbranched alkanes of at least 4 members (excludes halogenated alkanes) is 1. The normalized spacial score (nSPS) is 13.2. The van der Waals surface area contributed by atoms with Crippen molar-refractivity contribution in [2.75, 3.05) is 0 Å². The topological polar surface area (TPSA) is 46.5 Å². The van der Waals surface area contributed by atoms with Crippen LogP contribution in [0.2, 0.25) is 13.1 Å². The van der Waals surface area contributed by atoms with Gasteiger partial charge >= 0.3 is 5.97 Å². The average Bonchev–Trinajstić information content (AvgIpc) is 2.12. The van der Waals surface area contributed by atoms with E-state index in [-0.39, 0.29) is 0 Å². The molecule has 0 atom stereocenters. The van der Waals surface area contributed by atoms with Gasteiger partial charge in [-0.15, -0.1) is 0 Å². The van der Waals surface area contributed by atoms with Gasteiger partial charge in [0.2, 0.25) is 0 Å². The predicted molar refractivity (Wildman–Crippen MR) is 63.7 cm³/mol. The van der Waals surface area contributed by atoms with Gasteiger partial charge in [-0.1, -0.05) is 19.0 Å². The van der Waals surface area contributed by atoms with E-state index < -0.39 is 14.3 Å². The van der Waals surface area contributed by atoms with Gasteiger partial charge in [-0.3, -0.25) is 0 Å². The largest absolute Gasteiger partial charge is 0.478 e. The van der Waals surface area contributed by atoms with Gasteiger partial charge in [0.15, 0.2) is 8.32 Å². The van der Waals surface area contributed by atoms with Crippen molar-refractivity contribution in [3.63, 3.8) is 0 Å². The fraction of sp³-hybridized carbons (Fsp3) is 0.667. The van der Waals surface area contributed by atoms with Crippen LogP contribution in [0.3, 0.4) is 0 Å². The molecule has 5 heteroatoms. The zero-order valence-corrected chi connectivity index (χ0v) is 12.5. The summed E-state index contributed by atoms with van der Waals surface area (Å²) in [7, 11) is -1.16. The summed E-state index contributed by atoms with van der Waals surface area (Å²) < 4.78 is 5.44. The monoisotopic (exact) mass is 232 g/mol. The summed E-state index contributed by atoms with van der Waals surface area (Å²) in [5, 5.41) is 8.97. The van der Waals surface area contributed by atoms with Crippen LogP contribution in [0.1, 0.15) is 26.2 Å². The van der Waals surface area contributed by atoms with E-state index in [1.165, 1.54) is 0 Å². The van der Waals surface area contributed by atoms with Crippen molar-refractivity contribution in [1.82, 2.24) is 0 Å². The second-order valence-electron chi connectivity index (χ2n) is 3.89. The molecule has 0 aliphatic rings. The standard InChI is InChI=1S/C9H20O3Si2/c1-4-5-6-8(9(10)11)7-14(2,3)12-13/h7H,4-6H2,1-3,13H3,(H,10,11). The number of carboxylic acid groups (broad SMARTS) is 1. The second kappa shape index (κ2) is 6.16. The maximum Gasteiger partial charge on any atom is 0.330 e. The molecule has 0 bridgehead atoms. The molecule has 0 fully saturated rings. The molecule has 14 heavy (non-hydrogen) atoms. The number of rotatable bonds is 6. The molecular weight excluding hydrogens is 212 g/mol. The lowest BCUT2D eigenvalue weighted by Crippen LogP contribution is -2.28. The molecule has 0 heterocycles. The quantitative estimate of drug-likeness (QED) is 0.553. The fourth-order valence-electron chi connectivity index (χ4n) is 1.09. The van der Waals surface area contributed by atoms with E-state index in [1.807, 2.05) is 18.8 Å². The van der Waals surface area contributed by atoms with Gasteiger partial charge < -0.3 is 9.22 Å². The molecule has 1 N–H and O–H groups in total. The van der Waals surface area contributed by atoms with Crippen LogP contribution in [-0.2, 0) is 8.91 Å². The van der Waals surface area contributed by atoms with Crippen molar-refractivity contribution in [3.8, 4) is 0 Å². The highest BCUT2D eigenvalue weighted by molar-refractivity contribution is 6.78. The molecule has 0 saturated carbocycles. The third-order valence-corrected chi connectivity index (χ3v) is 7.37. The van der Waals surface area contributed by atoms with E-state index in [0.29, 0.717) is 22.5 Å². The lowest BCUT2D eigenvalue weighted by Gasteiger charge is -2.17. The van der Waals surface area contributed by atoms with Gasteiger partial charge in [-0.25, -0.2) is 4.79 Å². The molecule has 0 aromatic heterocycles. The van der Waals surface area contributed by atoms with Crippen molar-refractivity contribution in [1.29, 1.82) is 0 Å². The van der Waals surface area contributed by atoms with Crippen LogP contribution in [0.5, 0.6) is 0 Å². The molecule has 82 valence electrons. The molecule has 0 saturated heterocycles. The van der Waals surface area contributed by atoms with E-state index in [2.05, 4.69) is 6.92 Å². The fourth-order valence-corrected chi connectivity index (χ4v) is 2.66. The minimum atomic E-state index is -1.83. The molecule has 3 nitrogen and oxygen atoms in total. The van der Waals surface area contributed by atoms with Crippen LogP contribution in [0.15, 0.2) is 11.3 Å². The summed E-state index contributed by atoms with van der Waals surface area (Å²) in [5.74, 6) is -0.794. The first-order valence-electron chi connectivity index (χ1n) is 4.93. The first-order chi connectivity index (χ1) is 6.43. The number of hydrogen-bond acceptors (Lipinski definition) is 2. The summed E-state index contributed by atoms with van der Waals surface area (Å²) in [6.45, 7) is 6.11. The number of carboxylic acids is 1. The van der Waals surface area contributed by atoms with Crippen LogP contribution in [-0.4, -0.2) is 29.9 Å². The van der Waals surface area contributed by atoms with Crippen molar-refractivity contribution in [2.45, 2.75) is 39.3 Å². The van der Waals surface area contributed by atoms with Crippen LogP contribution in [0.25, 0.3) is 0 Å². The highest BCUT2D eigenvalue weighted by Crippen LogP contribution is 2.13. The minimum Gasteiger partial charge on any atom is -0.478 e. The lowest BCUT2D eigenvalue weighted by atomic mass is 10.1. The first-order valence-corrected chi connectivity index (χ1v) is 8.73. The average molecular weight is 232 g/mol. The van der Waals surface area contributed by atoms with Crippen LogP contribution in [0, 0.1) is 0 Å². The molecule has 0 spiro atoms. The molecule has 0 aliphatic heterocycles. The summed E-state index contributed by atoms with van der Waals surface area (Å²) in [5.41, 5.74) is 2.39. The summed E-state index contributed by atoms with van der Waals surface area (Å²) >= 11 is 0. The Morgan fingerprint density at radius 1 is 1.57 bits per heavy atom. The van der Waals surface area contributed by atoms with Crippen LogP contribution in [0.4, 0.5) is 0 Å². The highest BCUT2D eigenvalue weighted by Gasteiger charge is 2.19. The number of carbonyl (C=O) groups is 1. The molecule has 0 rings (SSSR count). The maximum atomic E-state index is 10.9. The Bertz CT molecular complexity index is 224.